The Balaban J connectivity index is 0.802. The average Bonchev–Trinajstić information content (AvgIpc) is 3.92. The van der Waals surface area contributed by atoms with Crippen molar-refractivity contribution < 1.29 is 14.3 Å². The highest BCUT2D eigenvalue weighted by atomic mass is 32.1. The van der Waals surface area contributed by atoms with Crippen LogP contribution in [0.4, 0.5) is 11.5 Å². The number of nitrogens with zero attached hydrogens (tertiary/aromatic N) is 9. The summed E-state index contributed by atoms with van der Waals surface area (Å²) in [6.45, 7) is 12.4. The van der Waals surface area contributed by atoms with E-state index in [9.17, 15) is 10.1 Å². The van der Waals surface area contributed by atoms with E-state index in [1.165, 1.54) is 28.1 Å². The van der Waals surface area contributed by atoms with Gasteiger partial charge in [-0.3, -0.25) is 14.4 Å². The molecule has 59 heavy (non-hydrogen) atoms. The molecule has 9 rings (SSSR count). The van der Waals surface area contributed by atoms with Gasteiger partial charge in [-0.1, -0.05) is 12.1 Å². The average molecular weight is 811 g/mol. The van der Waals surface area contributed by atoms with E-state index < -0.39 is 0 Å². The van der Waals surface area contributed by atoms with Gasteiger partial charge in [0, 0.05) is 65.4 Å². The lowest BCUT2D eigenvalue weighted by molar-refractivity contribution is 0.0888. The van der Waals surface area contributed by atoms with Crippen LogP contribution >= 0.6 is 11.3 Å². The molecule has 2 saturated heterocycles. The highest BCUT2D eigenvalue weighted by molar-refractivity contribution is 7.15. The Hall–Kier alpha value is -5.81. The Kier molecular flexibility index (Phi) is 10.3. The fourth-order valence-electron chi connectivity index (χ4n) is 9.43. The molecule has 14 heteroatoms. The van der Waals surface area contributed by atoms with Crippen LogP contribution in [0.15, 0.2) is 59.6 Å². The lowest BCUT2D eigenvalue weighted by Gasteiger charge is -2.41. The van der Waals surface area contributed by atoms with E-state index in [0.717, 1.165) is 98.4 Å². The summed E-state index contributed by atoms with van der Waals surface area (Å²) >= 11 is 1.79. The third kappa shape index (κ3) is 7.41. The number of nitrogens with one attached hydrogen (secondary N) is 1. The number of fused-ring (bicyclic) bond motifs is 3. The van der Waals surface area contributed by atoms with Crippen molar-refractivity contribution >= 4 is 34.5 Å². The molecule has 0 radical (unpaired) electrons. The first-order valence-electron chi connectivity index (χ1n) is 20.7. The maximum Gasteiger partial charge on any atom is 0.272 e. The molecular weight excluding hydrogens is 761 g/mol. The number of thiophene rings is 1. The zero-order valence-electron chi connectivity index (χ0n) is 34.4. The molecule has 1 N–H and O–H groups in total. The number of aryl methyl sites for hydroxylation is 2. The monoisotopic (exact) mass is 810 g/mol. The summed E-state index contributed by atoms with van der Waals surface area (Å²) < 4.78 is 13.7. The second-order valence-electron chi connectivity index (χ2n) is 16.6. The van der Waals surface area contributed by atoms with E-state index in [1.54, 1.807) is 42.7 Å². The summed E-state index contributed by atoms with van der Waals surface area (Å²) in [5.74, 6) is 3.58. The molecule has 1 aliphatic carbocycles. The van der Waals surface area contributed by atoms with Gasteiger partial charge in [-0.2, -0.15) is 5.26 Å². The standard InChI is InChI=1S/C45H50N10O3S/c1-27-29(3)59-44-40(27)41(47-28(2)42-52-49-30(4)55(42)44)31-7-12-34(13-8-31)53-21-6-19-45(25-53)20-22-54(26-45)39-18-17-37(50-51-39)43(56)48-33-10-15-35(16-11-33)58-36-14-9-32(24-46)38(23-36)57-5/h7-9,12-14,17-18,23,28,33,35H,6,10-11,15-16,19-22,25-26H2,1-5H3,(H,48,56)/t28-,33?,35?,45?/m0/s1. The molecule has 3 aromatic heterocycles. The molecule has 1 unspecified atom stereocenters. The third-order valence-corrected chi connectivity index (χ3v) is 14.0. The van der Waals surface area contributed by atoms with E-state index in [2.05, 4.69) is 91.2 Å². The van der Waals surface area contributed by atoms with Crippen molar-refractivity contribution in [3.05, 3.63) is 99.1 Å². The van der Waals surface area contributed by atoms with E-state index in [-0.39, 0.29) is 29.5 Å². The summed E-state index contributed by atoms with van der Waals surface area (Å²) in [6, 6.07) is 20.1. The molecule has 2 aromatic carbocycles. The fourth-order valence-corrected chi connectivity index (χ4v) is 10.6. The molecule has 2 atom stereocenters. The predicted molar refractivity (Wildman–Crippen MR) is 229 cm³/mol. The van der Waals surface area contributed by atoms with Gasteiger partial charge >= 0.3 is 0 Å². The summed E-state index contributed by atoms with van der Waals surface area (Å²) in [7, 11) is 1.55. The zero-order chi connectivity index (χ0) is 40.8. The van der Waals surface area contributed by atoms with E-state index in [4.69, 9.17) is 14.5 Å². The molecule has 5 aromatic rings. The quantitative estimate of drug-likeness (QED) is 0.168. The Bertz CT molecular complexity index is 2440. The first kappa shape index (κ1) is 38.7. The number of methoxy groups -OCH3 is 1. The molecular formula is C45H50N10O3S. The molecule has 13 nitrogen and oxygen atoms in total. The number of ether oxygens (including phenoxy) is 2. The second kappa shape index (κ2) is 15.7. The minimum absolute atomic E-state index is 0.0378. The Morgan fingerprint density at radius 2 is 1.73 bits per heavy atom. The summed E-state index contributed by atoms with van der Waals surface area (Å²) in [6.07, 6.45) is 6.69. The van der Waals surface area contributed by atoms with Crippen LogP contribution in [0.2, 0.25) is 0 Å². The van der Waals surface area contributed by atoms with E-state index in [0.29, 0.717) is 22.8 Å². The molecule has 0 bridgehead atoms. The maximum atomic E-state index is 13.2. The van der Waals surface area contributed by atoms with Gasteiger partial charge in [0.05, 0.1) is 24.5 Å². The van der Waals surface area contributed by atoms with E-state index in [1.807, 2.05) is 13.0 Å². The van der Waals surface area contributed by atoms with Crippen molar-refractivity contribution in [3.8, 4) is 22.6 Å². The number of anilines is 2. The van der Waals surface area contributed by atoms with Crippen molar-refractivity contribution in [3.63, 3.8) is 0 Å². The molecule has 4 aliphatic rings. The number of hydrogen-bond acceptors (Lipinski definition) is 12. The van der Waals surface area contributed by atoms with Crippen LogP contribution in [0.25, 0.3) is 5.00 Å². The van der Waals surface area contributed by atoms with Crippen LogP contribution in [0.3, 0.4) is 0 Å². The van der Waals surface area contributed by atoms with Gasteiger partial charge in [-0.15, -0.1) is 31.7 Å². The Morgan fingerprint density at radius 1 is 0.932 bits per heavy atom. The largest absolute Gasteiger partial charge is 0.495 e. The van der Waals surface area contributed by atoms with Crippen LogP contribution in [0.5, 0.6) is 11.5 Å². The van der Waals surface area contributed by atoms with Crippen molar-refractivity contribution in [2.75, 3.05) is 43.1 Å². The number of nitriles is 1. The number of amides is 1. The van der Waals surface area contributed by atoms with Crippen molar-refractivity contribution in [1.29, 1.82) is 5.26 Å². The number of aromatic nitrogens is 5. The Morgan fingerprint density at radius 3 is 2.47 bits per heavy atom. The number of carbonyl (C=O) groups excluding carboxylic acids is 1. The number of piperidine rings is 1. The molecule has 1 spiro atoms. The summed E-state index contributed by atoms with van der Waals surface area (Å²) in [5.41, 5.74) is 6.80. The molecule has 3 fully saturated rings. The minimum atomic E-state index is -0.196. The third-order valence-electron chi connectivity index (χ3n) is 12.8. The highest BCUT2D eigenvalue weighted by Crippen LogP contribution is 2.42. The van der Waals surface area contributed by atoms with Crippen molar-refractivity contribution in [2.24, 2.45) is 10.4 Å². The number of benzene rings is 2. The van der Waals surface area contributed by atoms with Gasteiger partial charge in [0.15, 0.2) is 17.3 Å². The molecule has 3 aliphatic heterocycles. The van der Waals surface area contributed by atoms with Gasteiger partial charge in [0.1, 0.15) is 34.4 Å². The lowest BCUT2D eigenvalue weighted by Crippen LogP contribution is -2.45. The SMILES string of the molecule is COc1cc(OC2CCC(NC(=O)c3ccc(N4CCC5(CCCN(c6ccc(C7=N[C@@H](C)c8nnc(C)n8-c8sc(C)c(C)c87)cc6)C5)C4)nn3)CC2)ccc1C#N. The number of carbonyl (C=O) groups is 1. The number of aliphatic imine (C=N–C) groups is 1. The second-order valence-corrected chi connectivity index (χ2v) is 17.8. The van der Waals surface area contributed by atoms with Gasteiger partial charge in [-0.05, 0) is 115 Å². The maximum absolute atomic E-state index is 13.2. The van der Waals surface area contributed by atoms with Crippen molar-refractivity contribution in [1.82, 2.24) is 30.3 Å². The van der Waals surface area contributed by atoms with Crippen LogP contribution in [0.1, 0.15) is 107 Å². The fraction of sp³-hybridized carbons (Fsp3) is 0.444. The number of rotatable bonds is 8. The van der Waals surface area contributed by atoms with Crippen LogP contribution in [0, 0.1) is 37.5 Å². The van der Waals surface area contributed by atoms with Crippen LogP contribution < -0.4 is 24.6 Å². The van der Waals surface area contributed by atoms with Gasteiger partial charge < -0.3 is 24.6 Å². The first-order valence-corrected chi connectivity index (χ1v) is 21.5. The van der Waals surface area contributed by atoms with E-state index >= 15 is 0 Å². The van der Waals surface area contributed by atoms with Gasteiger partial charge in [0.2, 0.25) is 0 Å². The minimum Gasteiger partial charge on any atom is -0.495 e. The lowest BCUT2D eigenvalue weighted by atomic mass is 9.79. The summed E-state index contributed by atoms with van der Waals surface area (Å²) in [5, 5.41) is 31.4. The zero-order valence-corrected chi connectivity index (χ0v) is 35.2. The molecule has 6 heterocycles. The normalized spacial score (nSPS) is 22.6. The van der Waals surface area contributed by atoms with Crippen LogP contribution in [-0.2, 0) is 0 Å². The molecule has 304 valence electrons. The molecule has 1 amide bonds. The van der Waals surface area contributed by atoms with Gasteiger partial charge in [-0.25, -0.2) is 0 Å². The molecule has 1 saturated carbocycles. The van der Waals surface area contributed by atoms with Gasteiger partial charge in [0.25, 0.3) is 5.91 Å². The highest BCUT2D eigenvalue weighted by Gasteiger charge is 2.42. The topological polar surface area (TPSA) is 147 Å². The smallest absolute Gasteiger partial charge is 0.272 e. The first-order chi connectivity index (χ1) is 28.6. The van der Waals surface area contributed by atoms with Crippen molar-refractivity contribution in [2.45, 2.75) is 90.8 Å². The summed E-state index contributed by atoms with van der Waals surface area (Å²) in [4.78, 5) is 24.6. The number of hydrogen-bond donors (Lipinski definition) is 1. The predicted octanol–water partition coefficient (Wildman–Crippen LogP) is 7.45. The Labute approximate surface area is 349 Å². The van der Waals surface area contributed by atoms with Crippen LogP contribution in [-0.4, -0.2) is 82.0 Å².